The lowest BCUT2D eigenvalue weighted by Crippen LogP contribution is -2.29. The zero-order valence-electron chi connectivity index (χ0n) is 12.1. The molecule has 19 heavy (non-hydrogen) atoms. The highest BCUT2D eigenvalue weighted by Gasteiger charge is 2.12. The van der Waals surface area contributed by atoms with E-state index in [-0.39, 0.29) is 5.97 Å². The summed E-state index contributed by atoms with van der Waals surface area (Å²) < 4.78 is 4.99. The van der Waals surface area contributed by atoms with Gasteiger partial charge in [0.25, 0.3) is 0 Å². The van der Waals surface area contributed by atoms with E-state index in [1.807, 2.05) is 26.0 Å². The van der Waals surface area contributed by atoms with Crippen LogP contribution in [0.5, 0.6) is 0 Å². The van der Waals surface area contributed by atoms with Crippen LogP contribution in [0.4, 0.5) is 11.4 Å². The van der Waals surface area contributed by atoms with Crippen LogP contribution in [0.25, 0.3) is 0 Å². The molecule has 0 unspecified atom stereocenters. The molecule has 0 aliphatic rings. The molecule has 0 spiro atoms. The highest BCUT2D eigenvalue weighted by molar-refractivity contribution is 5.92. The molecule has 0 aliphatic heterocycles. The zero-order chi connectivity index (χ0) is 14.4. The molecule has 0 radical (unpaired) electrons. The molecule has 2 N–H and O–H groups in total. The Morgan fingerprint density at radius 3 is 2.53 bits per heavy atom. The number of nitrogen functional groups attached to an aromatic ring is 1. The smallest absolute Gasteiger partial charge is 0.338 e. The number of carbonyl (C=O) groups excluding carboxylic acids is 1. The summed E-state index contributed by atoms with van der Waals surface area (Å²) in [7, 11) is 6.00. The van der Waals surface area contributed by atoms with Crippen molar-refractivity contribution in [3.8, 4) is 0 Å². The standard InChI is InChI=1S/C14H23N3O2/c1-5-19-14(18)11-6-7-12(15)13(10-11)17(4)9-8-16(2)3/h6-7,10H,5,8-9,15H2,1-4H3. The van der Waals surface area contributed by atoms with Crippen LogP contribution in [-0.2, 0) is 4.74 Å². The van der Waals surface area contributed by atoms with E-state index in [2.05, 4.69) is 4.90 Å². The van der Waals surface area contributed by atoms with Gasteiger partial charge in [0.15, 0.2) is 0 Å². The molecule has 0 bridgehead atoms. The summed E-state index contributed by atoms with van der Waals surface area (Å²) in [6.07, 6.45) is 0. The summed E-state index contributed by atoms with van der Waals surface area (Å²) in [6.45, 7) is 3.91. The number of nitrogens with two attached hydrogens (primary N) is 1. The van der Waals surface area contributed by atoms with Gasteiger partial charge in [0.1, 0.15) is 0 Å². The van der Waals surface area contributed by atoms with Crippen molar-refractivity contribution in [1.82, 2.24) is 4.90 Å². The Hall–Kier alpha value is -1.75. The van der Waals surface area contributed by atoms with Crippen LogP contribution in [0.3, 0.4) is 0 Å². The number of benzene rings is 1. The third kappa shape index (κ3) is 4.44. The Balaban J connectivity index is 2.87. The number of ether oxygens (including phenoxy) is 1. The maximum absolute atomic E-state index is 11.7. The van der Waals surface area contributed by atoms with E-state index in [1.165, 1.54) is 0 Å². The Morgan fingerprint density at radius 2 is 1.95 bits per heavy atom. The lowest BCUT2D eigenvalue weighted by atomic mass is 10.1. The molecule has 0 saturated carbocycles. The highest BCUT2D eigenvalue weighted by Crippen LogP contribution is 2.23. The fraction of sp³-hybridized carbons (Fsp3) is 0.500. The second-order valence-corrected chi connectivity index (χ2v) is 4.72. The first-order valence-electron chi connectivity index (χ1n) is 6.38. The zero-order valence-corrected chi connectivity index (χ0v) is 12.1. The van der Waals surface area contributed by atoms with E-state index in [0.717, 1.165) is 18.8 Å². The van der Waals surface area contributed by atoms with Gasteiger partial charge in [0.2, 0.25) is 0 Å². The third-order valence-corrected chi connectivity index (χ3v) is 2.84. The van der Waals surface area contributed by atoms with Gasteiger partial charge in [0, 0.05) is 20.1 Å². The number of carbonyl (C=O) groups is 1. The van der Waals surface area contributed by atoms with Gasteiger partial charge in [-0.25, -0.2) is 4.79 Å². The number of nitrogens with zero attached hydrogens (tertiary/aromatic N) is 2. The van der Waals surface area contributed by atoms with E-state index in [4.69, 9.17) is 10.5 Å². The fourth-order valence-electron chi connectivity index (χ4n) is 1.69. The highest BCUT2D eigenvalue weighted by atomic mass is 16.5. The molecular weight excluding hydrogens is 242 g/mol. The van der Waals surface area contributed by atoms with Crippen LogP contribution < -0.4 is 10.6 Å². The summed E-state index contributed by atoms with van der Waals surface area (Å²) >= 11 is 0. The molecule has 0 amide bonds. The predicted octanol–water partition coefficient (Wildman–Crippen LogP) is 1.44. The first-order valence-corrected chi connectivity index (χ1v) is 6.38. The molecule has 1 aromatic carbocycles. The number of hydrogen-bond donors (Lipinski definition) is 1. The first-order chi connectivity index (χ1) is 8.95. The first kappa shape index (κ1) is 15.3. The minimum Gasteiger partial charge on any atom is -0.462 e. The second-order valence-electron chi connectivity index (χ2n) is 4.72. The Kier molecular flexibility index (Phi) is 5.63. The molecule has 0 aliphatic carbocycles. The Morgan fingerprint density at radius 1 is 1.26 bits per heavy atom. The molecule has 0 saturated heterocycles. The summed E-state index contributed by atoms with van der Waals surface area (Å²) in [4.78, 5) is 15.8. The Bertz CT molecular complexity index is 433. The normalized spacial score (nSPS) is 10.6. The minimum absolute atomic E-state index is 0.315. The van der Waals surface area contributed by atoms with Crippen molar-refractivity contribution in [2.24, 2.45) is 0 Å². The van der Waals surface area contributed by atoms with Gasteiger partial charge in [-0.3, -0.25) is 0 Å². The van der Waals surface area contributed by atoms with Crippen LogP contribution in [0.1, 0.15) is 17.3 Å². The fourth-order valence-corrected chi connectivity index (χ4v) is 1.69. The molecule has 0 aromatic heterocycles. The second kappa shape index (κ2) is 6.99. The van der Waals surface area contributed by atoms with Crippen LogP contribution in [0.15, 0.2) is 18.2 Å². The molecule has 5 nitrogen and oxygen atoms in total. The van der Waals surface area contributed by atoms with Gasteiger partial charge < -0.3 is 20.3 Å². The number of rotatable bonds is 6. The van der Waals surface area contributed by atoms with Gasteiger partial charge in [-0.2, -0.15) is 0 Å². The van der Waals surface area contributed by atoms with Gasteiger partial charge >= 0.3 is 5.97 Å². The molecule has 106 valence electrons. The topological polar surface area (TPSA) is 58.8 Å². The average molecular weight is 265 g/mol. The van der Waals surface area contributed by atoms with E-state index in [0.29, 0.717) is 17.9 Å². The third-order valence-electron chi connectivity index (χ3n) is 2.84. The predicted molar refractivity (Wildman–Crippen MR) is 78.6 cm³/mol. The SMILES string of the molecule is CCOC(=O)c1ccc(N)c(N(C)CCN(C)C)c1. The van der Waals surface area contributed by atoms with Gasteiger partial charge in [0.05, 0.1) is 23.5 Å². The minimum atomic E-state index is -0.315. The monoisotopic (exact) mass is 265 g/mol. The van der Waals surface area contributed by atoms with Crippen molar-refractivity contribution in [3.63, 3.8) is 0 Å². The summed E-state index contributed by atoms with van der Waals surface area (Å²) in [6, 6.07) is 5.22. The van der Waals surface area contributed by atoms with Gasteiger partial charge in [-0.05, 0) is 39.2 Å². The average Bonchev–Trinajstić information content (AvgIpc) is 2.36. The molecule has 1 rings (SSSR count). The quantitative estimate of drug-likeness (QED) is 0.623. The van der Waals surface area contributed by atoms with E-state index >= 15 is 0 Å². The van der Waals surface area contributed by atoms with E-state index in [1.54, 1.807) is 25.1 Å². The van der Waals surface area contributed by atoms with Crippen molar-refractivity contribution in [2.45, 2.75) is 6.92 Å². The van der Waals surface area contributed by atoms with Crippen LogP contribution in [-0.4, -0.2) is 51.7 Å². The van der Waals surface area contributed by atoms with Crippen molar-refractivity contribution in [3.05, 3.63) is 23.8 Å². The summed E-state index contributed by atoms with van der Waals surface area (Å²) in [5.74, 6) is -0.315. The van der Waals surface area contributed by atoms with Crippen molar-refractivity contribution >= 4 is 17.3 Å². The number of hydrogen-bond acceptors (Lipinski definition) is 5. The van der Waals surface area contributed by atoms with Crippen molar-refractivity contribution < 1.29 is 9.53 Å². The van der Waals surface area contributed by atoms with Crippen LogP contribution >= 0.6 is 0 Å². The van der Waals surface area contributed by atoms with E-state index in [9.17, 15) is 4.79 Å². The Labute approximate surface area is 114 Å². The molecular formula is C14H23N3O2. The van der Waals surface area contributed by atoms with E-state index < -0.39 is 0 Å². The summed E-state index contributed by atoms with van der Waals surface area (Å²) in [5.41, 5.74) is 8.01. The molecule has 0 fully saturated rings. The molecule has 0 heterocycles. The van der Waals surface area contributed by atoms with Gasteiger partial charge in [-0.15, -0.1) is 0 Å². The largest absolute Gasteiger partial charge is 0.462 e. The lowest BCUT2D eigenvalue weighted by Gasteiger charge is -2.23. The van der Waals surface area contributed by atoms with Crippen molar-refractivity contribution in [1.29, 1.82) is 0 Å². The number of anilines is 2. The van der Waals surface area contributed by atoms with Crippen LogP contribution in [0.2, 0.25) is 0 Å². The lowest BCUT2D eigenvalue weighted by molar-refractivity contribution is 0.0526. The molecule has 0 atom stereocenters. The summed E-state index contributed by atoms with van der Waals surface area (Å²) in [5, 5.41) is 0. The number of likely N-dealkylation sites (N-methyl/N-ethyl adjacent to an activating group) is 2. The number of esters is 1. The van der Waals surface area contributed by atoms with Crippen LogP contribution in [0, 0.1) is 0 Å². The maximum atomic E-state index is 11.7. The van der Waals surface area contributed by atoms with Crippen molar-refractivity contribution in [2.75, 3.05) is 51.5 Å². The van der Waals surface area contributed by atoms with Gasteiger partial charge in [-0.1, -0.05) is 0 Å². The maximum Gasteiger partial charge on any atom is 0.338 e. The molecule has 5 heteroatoms. The molecule has 1 aromatic rings.